The van der Waals surface area contributed by atoms with E-state index in [-0.39, 0.29) is 6.04 Å². The van der Waals surface area contributed by atoms with Crippen molar-refractivity contribution in [3.05, 3.63) is 58.1 Å². The fraction of sp³-hybridized carbons (Fsp3) is 0.133. The number of carbonyl (C=O) groups excluding carboxylic acids is 1. The summed E-state index contributed by atoms with van der Waals surface area (Å²) in [5.41, 5.74) is 14.2. The third-order valence-electron chi connectivity index (χ3n) is 3.08. The van der Waals surface area contributed by atoms with E-state index in [4.69, 9.17) is 11.5 Å². The van der Waals surface area contributed by atoms with Crippen molar-refractivity contribution < 1.29 is 4.79 Å². The number of primary amides is 1. The van der Waals surface area contributed by atoms with Gasteiger partial charge in [-0.25, -0.2) is 0 Å². The Labute approximate surface area is 126 Å². The van der Waals surface area contributed by atoms with Crippen LogP contribution in [0.15, 0.2) is 46.9 Å². The van der Waals surface area contributed by atoms with Crippen molar-refractivity contribution in [2.24, 2.45) is 5.73 Å². The van der Waals surface area contributed by atoms with Crippen molar-refractivity contribution in [1.82, 2.24) is 0 Å². The number of halogens is 1. The van der Waals surface area contributed by atoms with E-state index in [1.807, 2.05) is 43.3 Å². The number of nitrogens with two attached hydrogens (primary N) is 2. The van der Waals surface area contributed by atoms with Crippen LogP contribution in [0.25, 0.3) is 0 Å². The molecule has 0 aliphatic heterocycles. The van der Waals surface area contributed by atoms with Gasteiger partial charge in [-0.15, -0.1) is 0 Å². The molecule has 0 fully saturated rings. The number of carbonyl (C=O) groups is 1. The second-order valence-electron chi connectivity index (χ2n) is 4.55. The molecular weight excluding hydrogens is 318 g/mol. The lowest BCUT2D eigenvalue weighted by Gasteiger charge is -2.19. The average Bonchev–Trinajstić information content (AvgIpc) is 2.41. The maximum atomic E-state index is 11.5. The summed E-state index contributed by atoms with van der Waals surface area (Å²) in [6.07, 6.45) is 0. The van der Waals surface area contributed by atoms with E-state index in [1.54, 1.807) is 6.07 Å². The Hall–Kier alpha value is -2.01. The van der Waals surface area contributed by atoms with Crippen LogP contribution in [-0.2, 0) is 0 Å². The van der Waals surface area contributed by atoms with E-state index in [9.17, 15) is 4.79 Å². The molecule has 0 heterocycles. The average molecular weight is 334 g/mol. The summed E-state index contributed by atoms with van der Waals surface area (Å²) in [5.74, 6) is -0.470. The number of anilines is 2. The molecule has 0 saturated carbocycles. The molecule has 1 amide bonds. The Morgan fingerprint density at radius 1 is 1.25 bits per heavy atom. The molecule has 2 aromatic rings. The van der Waals surface area contributed by atoms with Gasteiger partial charge < -0.3 is 16.8 Å². The molecule has 1 atom stereocenters. The normalized spacial score (nSPS) is 11.9. The third-order valence-corrected chi connectivity index (χ3v) is 3.57. The molecule has 20 heavy (non-hydrogen) atoms. The zero-order valence-corrected chi connectivity index (χ0v) is 12.6. The highest BCUT2D eigenvalue weighted by Crippen LogP contribution is 2.27. The quantitative estimate of drug-likeness (QED) is 0.751. The summed E-state index contributed by atoms with van der Waals surface area (Å²) in [6.45, 7) is 1.98. The van der Waals surface area contributed by atoms with Gasteiger partial charge in [-0.2, -0.15) is 0 Å². The highest BCUT2D eigenvalue weighted by Gasteiger charge is 2.13. The molecule has 0 saturated heterocycles. The van der Waals surface area contributed by atoms with Crippen LogP contribution < -0.4 is 16.8 Å². The number of hydrogen-bond donors (Lipinski definition) is 3. The Morgan fingerprint density at radius 3 is 2.60 bits per heavy atom. The van der Waals surface area contributed by atoms with Crippen LogP contribution in [0.5, 0.6) is 0 Å². The van der Waals surface area contributed by atoms with Gasteiger partial charge in [0.1, 0.15) is 0 Å². The van der Waals surface area contributed by atoms with Crippen LogP contribution in [0, 0.1) is 0 Å². The molecule has 1 unspecified atom stereocenters. The summed E-state index contributed by atoms with van der Waals surface area (Å²) in [4.78, 5) is 11.5. The first-order valence-corrected chi connectivity index (χ1v) is 6.98. The third kappa shape index (κ3) is 3.11. The number of para-hydroxylation sites is 1. The summed E-state index contributed by atoms with van der Waals surface area (Å²) < 4.78 is 0.809. The second kappa shape index (κ2) is 5.96. The van der Waals surface area contributed by atoms with Crippen LogP contribution in [0.1, 0.15) is 28.9 Å². The monoisotopic (exact) mass is 333 g/mol. The smallest absolute Gasteiger partial charge is 0.250 e. The molecule has 0 aromatic heterocycles. The van der Waals surface area contributed by atoms with Gasteiger partial charge in [-0.3, -0.25) is 4.79 Å². The predicted octanol–water partition coefficient (Wildman–Crippen LogP) is 3.30. The van der Waals surface area contributed by atoms with Crippen LogP contribution in [0.3, 0.4) is 0 Å². The summed E-state index contributed by atoms with van der Waals surface area (Å²) in [6, 6.07) is 13.0. The standard InChI is InChI=1S/C15H16BrN3O/c1-9(11-4-2-3-5-13(11)17)19-14-7-6-10(16)8-12(14)15(18)20/h2-9,19H,17H2,1H3,(H2,18,20). The van der Waals surface area contributed by atoms with Crippen LogP contribution in [0.4, 0.5) is 11.4 Å². The molecule has 4 nitrogen and oxygen atoms in total. The molecule has 0 aliphatic carbocycles. The van der Waals surface area contributed by atoms with E-state index in [1.165, 1.54) is 0 Å². The van der Waals surface area contributed by atoms with E-state index in [2.05, 4.69) is 21.2 Å². The number of hydrogen-bond acceptors (Lipinski definition) is 3. The maximum absolute atomic E-state index is 11.5. The van der Waals surface area contributed by atoms with Gasteiger partial charge in [-0.1, -0.05) is 34.1 Å². The maximum Gasteiger partial charge on any atom is 0.250 e. The first-order chi connectivity index (χ1) is 9.49. The topological polar surface area (TPSA) is 81.1 Å². The SMILES string of the molecule is CC(Nc1ccc(Br)cc1C(N)=O)c1ccccc1N. The van der Waals surface area contributed by atoms with Crippen LogP contribution in [0.2, 0.25) is 0 Å². The highest BCUT2D eigenvalue weighted by molar-refractivity contribution is 9.10. The van der Waals surface area contributed by atoms with Crippen LogP contribution in [-0.4, -0.2) is 5.91 Å². The zero-order valence-electron chi connectivity index (χ0n) is 11.1. The molecule has 5 heteroatoms. The van der Waals surface area contributed by atoms with Crippen molar-refractivity contribution in [1.29, 1.82) is 0 Å². The molecule has 5 N–H and O–H groups in total. The summed E-state index contributed by atoms with van der Waals surface area (Å²) in [5, 5.41) is 3.27. The highest BCUT2D eigenvalue weighted by atomic mass is 79.9. The molecule has 2 aromatic carbocycles. The van der Waals surface area contributed by atoms with Gasteiger partial charge in [0.25, 0.3) is 5.91 Å². The van der Waals surface area contributed by atoms with Gasteiger partial charge in [0.2, 0.25) is 0 Å². The number of nitrogen functional groups attached to an aromatic ring is 1. The van der Waals surface area contributed by atoms with Crippen molar-refractivity contribution in [3.8, 4) is 0 Å². The van der Waals surface area contributed by atoms with E-state index < -0.39 is 5.91 Å². The number of nitrogens with one attached hydrogen (secondary N) is 1. The number of amides is 1. The first kappa shape index (κ1) is 14.4. The number of benzene rings is 2. The molecule has 104 valence electrons. The summed E-state index contributed by atoms with van der Waals surface area (Å²) in [7, 11) is 0. The Kier molecular flexibility index (Phi) is 4.29. The second-order valence-corrected chi connectivity index (χ2v) is 5.46. The molecule has 0 bridgehead atoms. The largest absolute Gasteiger partial charge is 0.398 e. The van der Waals surface area contributed by atoms with E-state index >= 15 is 0 Å². The molecular formula is C15H16BrN3O. The van der Waals surface area contributed by atoms with Gasteiger partial charge >= 0.3 is 0 Å². The first-order valence-electron chi connectivity index (χ1n) is 6.19. The van der Waals surface area contributed by atoms with E-state index in [0.29, 0.717) is 16.9 Å². The molecule has 0 radical (unpaired) electrons. The van der Waals surface area contributed by atoms with Crippen molar-refractivity contribution >= 4 is 33.2 Å². The minimum absolute atomic E-state index is 0.0320. The minimum atomic E-state index is -0.470. The zero-order chi connectivity index (χ0) is 14.7. The lowest BCUT2D eigenvalue weighted by atomic mass is 10.0. The van der Waals surface area contributed by atoms with Gasteiger partial charge in [-0.05, 0) is 36.8 Å². The lowest BCUT2D eigenvalue weighted by molar-refractivity contribution is 0.100. The fourth-order valence-electron chi connectivity index (χ4n) is 2.06. The Morgan fingerprint density at radius 2 is 1.95 bits per heavy atom. The summed E-state index contributed by atoms with van der Waals surface area (Å²) >= 11 is 3.33. The van der Waals surface area contributed by atoms with Crippen molar-refractivity contribution in [3.63, 3.8) is 0 Å². The number of rotatable bonds is 4. The van der Waals surface area contributed by atoms with Gasteiger partial charge in [0, 0.05) is 15.8 Å². The lowest BCUT2D eigenvalue weighted by Crippen LogP contribution is -2.16. The molecule has 2 rings (SSSR count). The van der Waals surface area contributed by atoms with Crippen molar-refractivity contribution in [2.45, 2.75) is 13.0 Å². The Bertz CT molecular complexity index is 643. The molecule has 0 aliphatic rings. The van der Waals surface area contributed by atoms with E-state index in [0.717, 1.165) is 10.0 Å². The molecule has 0 spiro atoms. The predicted molar refractivity (Wildman–Crippen MR) is 85.6 cm³/mol. The minimum Gasteiger partial charge on any atom is -0.398 e. The Balaban J connectivity index is 2.31. The van der Waals surface area contributed by atoms with Crippen LogP contribution >= 0.6 is 15.9 Å². The van der Waals surface area contributed by atoms with Crippen molar-refractivity contribution in [2.75, 3.05) is 11.1 Å². The fourth-order valence-corrected chi connectivity index (χ4v) is 2.42. The van der Waals surface area contributed by atoms with Gasteiger partial charge in [0.15, 0.2) is 0 Å². The van der Waals surface area contributed by atoms with Gasteiger partial charge in [0.05, 0.1) is 11.6 Å².